The molecule has 276 valence electrons. The molecule has 15 heteroatoms. The van der Waals surface area contributed by atoms with Crippen molar-refractivity contribution in [3.05, 3.63) is 12.7 Å². The van der Waals surface area contributed by atoms with Gasteiger partial charge in [-0.05, 0) is 35.5 Å². The quantitative estimate of drug-likeness (QED) is 0.140. The number of Topliss-reactive ketones (excluding diaryl/α,β-unsaturated/α-hetero) is 1. The highest BCUT2D eigenvalue weighted by atomic mass is 32.2. The first kappa shape index (κ1) is 43.0. The SMILES string of the molecule is C=CCNC(=O)C(=O)C(CCC)NC(=O)[C@@H]1C(C(C)C)CCN1C(=O)[C@@H](NC(=O)N[C@H](CN(C)S(=O)(=O)N(C)C)C(C)(C)C)C(C)(C)C. The lowest BCUT2D eigenvalue weighted by Crippen LogP contribution is -2.62. The van der Waals surface area contributed by atoms with E-state index in [-0.39, 0.29) is 37.9 Å². The molecule has 0 aliphatic carbocycles. The van der Waals surface area contributed by atoms with E-state index in [9.17, 15) is 32.4 Å². The number of rotatable bonds is 16. The van der Waals surface area contributed by atoms with Gasteiger partial charge in [0.05, 0.1) is 6.04 Å². The minimum Gasteiger partial charge on any atom is -0.346 e. The number of nitrogens with one attached hydrogen (secondary N) is 4. The molecular formula is C33H61N7O7S. The first-order valence-corrected chi connectivity index (χ1v) is 18.1. The zero-order valence-electron chi connectivity index (χ0n) is 31.1. The third-order valence-corrected chi connectivity index (χ3v) is 10.6. The summed E-state index contributed by atoms with van der Waals surface area (Å²) in [6, 6.07) is -4.33. The molecule has 1 saturated heterocycles. The topological polar surface area (TPSA) is 177 Å². The largest absolute Gasteiger partial charge is 0.346 e. The van der Waals surface area contributed by atoms with E-state index in [0.29, 0.717) is 12.8 Å². The maximum atomic E-state index is 14.3. The van der Waals surface area contributed by atoms with Gasteiger partial charge < -0.3 is 26.2 Å². The molecule has 0 aromatic carbocycles. The predicted molar refractivity (Wildman–Crippen MR) is 187 cm³/mol. The van der Waals surface area contributed by atoms with E-state index < -0.39 is 74.7 Å². The first-order valence-electron chi connectivity index (χ1n) is 16.7. The zero-order chi connectivity index (χ0) is 37.4. The normalized spacial score (nSPS) is 19.1. The summed E-state index contributed by atoms with van der Waals surface area (Å²) in [5.74, 6) is -2.79. The number of urea groups is 1. The highest BCUT2D eigenvalue weighted by Crippen LogP contribution is 2.33. The van der Waals surface area contributed by atoms with E-state index >= 15 is 0 Å². The molecule has 4 N–H and O–H groups in total. The van der Waals surface area contributed by atoms with Crippen molar-refractivity contribution in [2.75, 3.05) is 40.8 Å². The molecule has 0 aromatic heterocycles. The van der Waals surface area contributed by atoms with Crippen LogP contribution in [0.4, 0.5) is 4.79 Å². The molecule has 0 radical (unpaired) electrons. The predicted octanol–water partition coefficient (Wildman–Crippen LogP) is 1.88. The van der Waals surface area contributed by atoms with Crippen LogP contribution in [0.1, 0.15) is 81.6 Å². The van der Waals surface area contributed by atoms with Crippen LogP contribution >= 0.6 is 0 Å². The van der Waals surface area contributed by atoms with Crippen molar-refractivity contribution in [2.24, 2.45) is 22.7 Å². The Morgan fingerprint density at radius 3 is 2.00 bits per heavy atom. The highest BCUT2D eigenvalue weighted by Gasteiger charge is 2.48. The lowest BCUT2D eigenvalue weighted by Gasteiger charge is -2.38. The van der Waals surface area contributed by atoms with E-state index in [1.807, 2.05) is 41.5 Å². The van der Waals surface area contributed by atoms with Gasteiger partial charge in [0, 0.05) is 46.8 Å². The summed E-state index contributed by atoms with van der Waals surface area (Å²) in [6.07, 6.45) is 2.76. The van der Waals surface area contributed by atoms with Crippen molar-refractivity contribution in [1.29, 1.82) is 0 Å². The molecule has 1 heterocycles. The molecular weight excluding hydrogens is 638 g/mol. The molecule has 0 spiro atoms. The van der Waals surface area contributed by atoms with Gasteiger partial charge in [-0.3, -0.25) is 19.2 Å². The van der Waals surface area contributed by atoms with Crippen molar-refractivity contribution in [3.63, 3.8) is 0 Å². The fourth-order valence-corrected chi connectivity index (χ4v) is 6.53. The number of ketones is 1. The number of likely N-dealkylation sites (N-methyl/N-ethyl adjacent to an activating group) is 1. The minimum absolute atomic E-state index is 0.0146. The summed E-state index contributed by atoms with van der Waals surface area (Å²) in [5.41, 5.74) is -1.33. The lowest BCUT2D eigenvalue weighted by molar-refractivity contribution is -0.144. The Kier molecular flexibility index (Phi) is 15.7. The van der Waals surface area contributed by atoms with Crippen LogP contribution in [-0.4, -0.2) is 116 Å². The molecule has 5 atom stereocenters. The lowest BCUT2D eigenvalue weighted by atomic mass is 9.84. The molecule has 48 heavy (non-hydrogen) atoms. The number of hydrogen-bond donors (Lipinski definition) is 4. The van der Waals surface area contributed by atoms with Gasteiger partial charge >= 0.3 is 6.03 Å². The fraction of sp³-hybridized carbons (Fsp3) is 0.788. The number of hydrogen-bond acceptors (Lipinski definition) is 7. The fourth-order valence-electron chi connectivity index (χ4n) is 5.63. The number of amides is 5. The van der Waals surface area contributed by atoms with Gasteiger partial charge in [-0.25, -0.2) is 4.79 Å². The molecule has 2 unspecified atom stereocenters. The zero-order valence-corrected chi connectivity index (χ0v) is 31.9. The molecule has 1 aliphatic heterocycles. The average molecular weight is 700 g/mol. The van der Waals surface area contributed by atoms with E-state index in [0.717, 1.165) is 8.61 Å². The van der Waals surface area contributed by atoms with Gasteiger partial charge in [-0.1, -0.05) is 74.8 Å². The molecule has 0 aromatic rings. The third-order valence-electron chi connectivity index (χ3n) is 8.73. The molecule has 14 nitrogen and oxygen atoms in total. The summed E-state index contributed by atoms with van der Waals surface area (Å²) in [6.45, 7) is 20.7. The number of nitrogens with zero attached hydrogens (tertiary/aromatic N) is 3. The van der Waals surface area contributed by atoms with Crippen molar-refractivity contribution < 1.29 is 32.4 Å². The first-order chi connectivity index (χ1) is 21.9. The van der Waals surface area contributed by atoms with Gasteiger partial charge in [-0.2, -0.15) is 17.0 Å². The standard InChI is InChI=1S/C33H61N7O7S/c1-14-16-23(26(41)29(43)34-18-15-2)35-28(42)25-22(21(3)4)17-19-40(25)30(44)27(33(8,9)10)37-31(45)36-24(32(5,6)7)20-39(13)48(46,47)38(11)12/h15,21-25,27H,2,14,16-20H2,1,3-13H3,(H,34,43)(H,35,42)(H2,36,37,45)/t22?,23?,24-,25+,27-/m1/s1. The van der Waals surface area contributed by atoms with Crippen LogP contribution in [-0.2, 0) is 29.4 Å². The Balaban J connectivity index is 3.36. The Bertz CT molecular complexity index is 1270. The molecule has 0 saturated carbocycles. The van der Waals surface area contributed by atoms with Crippen molar-refractivity contribution in [2.45, 2.75) is 106 Å². The second-order valence-corrected chi connectivity index (χ2v) is 17.5. The smallest absolute Gasteiger partial charge is 0.315 e. The van der Waals surface area contributed by atoms with Crippen LogP contribution in [0, 0.1) is 22.7 Å². The summed E-state index contributed by atoms with van der Waals surface area (Å²) in [4.78, 5) is 68.6. The maximum Gasteiger partial charge on any atom is 0.315 e. The average Bonchev–Trinajstić information content (AvgIpc) is 3.42. The van der Waals surface area contributed by atoms with Gasteiger partial charge in [0.1, 0.15) is 12.1 Å². The Hall–Kier alpha value is -3.04. The second-order valence-electron chi connectivity index (χ2n) is 15.3. The van der Waals surface area contributed by atoms with Crippen LogP contribution in [0.5, 0.6) is 0 Å². The molecule has 1 rings (SSSR count). The molecule has 1 aliphatic rings. The van der Waals surface area contributed by atoms with Crippen molar-refractivity contribution >= 4 is 39.7 Å². The maximum absolute atomic E-state index is 14.3. The highest BCUT2D eigenvalue weighted by molar-refractivity contribution is 7.86. The van der Waals surface area contributed by atoms with Crippen LogP contribution in [0.15, 0.2) is 12.7 Å². The second kappa shape index (κ2) is 17.6. The van der Waals surface area contributed by atoms with Crippen LogP contribution < -0.4 is 21.3 Å². The Morgan fingerprint density at radius 1 is 0.958 bits per heavy atom. The van der Waals surface area contributed by atoms with Gasteiger partial charge in [0.25, 0.3) is 16.1 Å². The molecule has 5 amide bonds. The van der Waals surface area contributed by atoms with Crippen LogP contribution in [0.3, 0.4) is 0 Å². The van der Waals surface area contributed by atoms with Crippen molar-refractivity contribution in [1.82, 2.24) is 34.8 Å². The van der Waals surface area contributed by atoms with E-state index in [4.69, 9.17) is 0 Å². The third kappa shape index (κ3) is 11.5. The Morgan fingerprint density at radius 2 is 1.54 bits per heavy atom. The monoisotopic (exact) mass is 699 g/mol. The number of carbonyl (C=O) groups excluding carboxylic acids is 5. The van der Waals surface area contributed by atoms with Gasteiger partial charge in [-0.15, -0.1) is 6.58 Å². The summed E-state index contributed by atoms with van der Waals surface area (Å²) in [5, 5.41) is 10.9. The number of carbonyl (C=O) groups is 5. The molecule has 1 fully saturated rings. The van der Waals surface area contributed by atoms with E-state index in [1.165, 1.54) is 32.1 Å². The summed E-state index contributed by atoms with van der Waals surface area (Å²) in [7, 11) is 0.546. The van der Waals surface area contributed by atoms with Gasteiger partial charge in [0.2, 0.25) is 17.6 Å². The van der Waals surface area contributed by atoms with E-state index in [2.05, 4.69) is 27.8 Å². The Labute approximate surface area is 288 Å². The summed E-state index contributed by atoms with van der Waals surface area (Å²) >= 11 is 0. The van der Waals surface area contributed by atoms with Crippen LogP contribution in [0.25, 0.3) is 0 Å². The van der Waals surface area contributed by atoms with E-state index in [1.54, 1.807) is 20.8 Å². The number of likely N-dealkylation sites (tertiary alicyclic amines) is 1. The van der Waals surface area contributed by atoms with Crippen LogP contribution in [0.2, 0.25) is 0 Å². The van der Waals surface area contributed by atoms with Crippen molar-refractivity contribution in [3.8, 4) is 0 Å². The summed E-state index contributed by atoms with van der Waals surface area (Å²) < 4.78 is 27.6. The molecule has 0 bridgehead atoms. The van der Waals surface area contributed by atoms with Gasteiger partial charge in [0.15, 0.2) is 0 Å². The minimum atomic E-state index is -3.74.